The summed E-state index contributed by atoms with van der Waals surface area (Å²) in [6.07, 6.45) is 3.32. The van der Waals surface area contributed by atoms with Crippen molar-refractivity contribution in [3.05, 3.63) is 30.3 Å². The van der Waals surface area contributed by atoms with Gasteiger partial charge in [-0.15, -0.1) is 5.01 Å². The number of para-hydroxylation sites is 1. The van der Waals surface area contributed by atoms with Crippen LogP contribution < -0.4 is 5.01 Å². The Morgan fingerprint density at radius 1 is 1.00 bits per heavy atom. The van der Waals surface area contributed by atoms with Crippen LogP contribution in [0.1, 0.15) is 0 Å². The predicted octanol–water partition coefficient (Wildman–Crippen LogP) is 1.49. The van der Waals surface area contributed by atoms with E-state index in [-0.39, 0.29) is 0 Å². The lowest BCUT2D eigenvalue weighted by molar-refractivity contribution is -0.727. The van der Waals surface area contributed by atoms with Gasteiger partial charge in [-0.05, 0) is 0 Å². The van der Waals surface area contributed by atoms with Crippen LogP contribution in [0.4, 0.5) is 23.0 Å². The van der Waals surface area contributed by atoms with Crippen molar-refractivity contribution in [2.24, 2.45) is 10.1 Å². The average Bonchev–Trinajstić information content (AvgIpc) is 2.69. The molecule has 1 N–H and O–H groups in total. The minimum absolute atomic E-state index is 0.936. The second-order valence-electron chi connectivity index (χ2n) is 2.77. The SMILES string of the molecule is C1=NC=N[NH+]1c1ccccc1.F[B-](F)(F)F. The van der Waals surface area contributed by atoms with E-state index in [2.05, 4.69) is 10.1 Å². The monoisotopic (exact) mass is 233 g/mol. The summed E-state index contributed by atoms with van der Waals surface area (Å²) in [4.78, 5) is 3.89. The third kappa shape index (κ3) is 5.25. The molecule has 1 unspecified atom stereocenters. The number of benzene rings is 1. The van der Waals surface area contributed by atoms with Gasteiger partial charge in [0, 0.05) is 12.1 Å². The first-order chi connectivity index (χ1) is 7.47. The van der Waals surface area contributed by atoms with Crippen LogP contribution in [-0.4, -0.2) is 19.9 Å². The van der Waals surface area contributed by atoms with Crippen LogP contribution in [0.3, 0.4) is 0 Å². The molecule has 1 aromatic carbocycles. The first-order valence-electron chi connectivity index (χ1n) is 4.32. The Labute approximate surface area is 89.2 Å². The Morgan fingerprint density at radius 2 is 1.56 bits per heavy atom. The third-order valence-corrected chi connectivity index (χ3v) is 1.53. The van der Waals surface area contributed by atoms with Crippen molar-refractivity contribution >= 4 is 25.6 Å². The normalized spacial score (nSPS) is 18.1. The number of rotatable bonds is 1. The van der Waals surface area contributed by atoms with E-state index in [1.165, 1.54) is 0 Å². The summed E-state index contributed by atoms with van der Waals surface area (Å²) in [5.41, 5.74) is 1.12. The largest absolute Gasteiger partial charge is 0.673 e. The molecule has 1 heterocycles. The topological polar surface area (TPSA) is 29.2 Å². The van der Waals surface area contributed by atoms with Crippen molar-refractivity contribution in [2.75, 3.05) is 0 Å². The molecule has 8 heteroatoms. The zero-order chi connectivity index (χ0) is 12.0. The Balaban J connectivity index is 0.000000221. The maximum Gasteiger partial charge on any atom is 0.673 e. The van der Waals surface area contributed by atoms with Gasteiger partial charge in [0.1, 0.15) is 0 Å². The molecule has 0 aromatic heterocycles. The molecule has 1 aliphatic heterocycles. The van der Waals surface area contributed by atoms with Gasteiger partial charge in [0.25, 0.3) is 0 Å². The zero-order valence-electron chi connectivity index (χ0n) is 8.03. The van der Waals surface area contributed by atoms with Gasteiger partial charge in [-0.3, -0.25) is 0 Å². The van der Waals surface area contributed by atoms with Crippen LogP contribution in [-0.2, 0) is 0 Å². The third-order valence-electron chi connectivity index (χ3n) is 1.53. The van der Waals surface area contributed by atoms with Gasteiger partial charge in [-0.25, -0.2) is 0 Å². The van der Waals surface area contributed by atoms with Gasteiger partial charge in [-0.2, -0.15) is 4.99 Å². The van der Waals surface area contributed by atoms with E-state index in [1.54, 1.807) is 12.7 Å². The van der Waals surface area contributed by atoms with Gasteiger partial charge < -0.3 is 17.3 Å². The molecule has 0 spiro atoms. The fourth-order valence-electron chi connectivity index (χ4n) is 0.991. The molecule has 0 saturated carbocycles. The number of nitrogens with zero attached hydrogens (tertiary/aromatic N) is 2. The molecule has 0 saturated heterocycles. The molecule has 0 bridgehead atoms. The second kappa shape index (κ2) is 5.41. The molecule has 0 aliphatic carbocycles. The zero-order valence-corrected chi connectivity index (χ0v) is 8.03. The lowest BCUT2D eigenvalue weighted by Crippen LogP contribution is -3.00. The van der Waals surface area contributed by atoms with Crippen molar-refractivity contribution in [3.63, 3.8) is 0 Å². The second-order valence-corrected chi connectivity index (χ2v) is 2.77. The van der Waals surface area contributed by atoms with Crippen LogP contribution >= 0.6 is 0 Å². The van der Waals surface area contributed by atoms with Gasteiger partial charge in [0.05, 0.1) is 0 Å². The van der Waals surface area contributed by atoms with Gasteiger partial charge in [0.2, 0.25) is 6.34 Å². The molecule has 0 amide bonds. The standard InChI is InChI=1S/C8H7N3.BF4/c1-2-4-8(5-3-1)11-7-9-6-10-11;2-1(3,4)5/h1-7H;/q;-1/p+1. The summed E-state index contributed by atoms with van der Waals surface area (Å²) in [6, 6.07) is 10.0. The van der Waals surface area contributed by atoms with E-state index < -0.39 is 7.25 Å². The minimum Gasteiger partial charge on any atom is -0.418 e. The van der Waals surface area contributed by atoms with E-state index in [1.807, 2.05) is 30.3 Å². The molecule has 1 aliphatic rings. The fraction of sp³-hybridized carbons (Fsp3) is 0. The van der Waals surface area contributed by atoms with Gasteiger partial charge >= 0.3 is 7.25 Å². The van der Waals surface area contributed by atoms with Gasteiger partial charge in [0.15, 0.2) is 12.0 Å². The van der Waals surface area contributed by atoms with Crippen molar-refractivity contribution in [1.82, 2.24) is 0 Å². The maximum absolute atomic E-state index is 9.75. The van der Waals surface area contributed by atoms with Gasteiger partial charge in [-0.1, -0.05) is 23.3 Å². The lowest BCUT2D eigenvalue weighted by atomic mass is 10.3. The molecule has 0 radical (unpaired) electrons. The van der Waals surface area contributed by atoms with E-state index in [0.29, 0.717) is 0 Å². The first-order valence-corrected chi connectivity index (χ1v) is 4.32. The molecule has 16 heavy (non-hydrogen) atoms. The number of halogens is 4. The highest BCUT2D eigenvalue weighted by molar-refractivity contribution is 6.50. The van der Waals surface area contributed by atoms with Crippen molar-refractivity contribution in [3.8, 4) is 0 Å². The van der Waals surface area contributed by atoms with Crippen molar-refractivity contribution in [1.29, 1.82) is 0 Å². The first kappa shape index (κ1) is 12.4. The van der Waals surface area contributed by atoms with Crippen LogP contribution in [0.2, 0.25) is 0 Å². The summed E-state index contributed by atoms with van der Waals surface area (Å²) in [5, 5.41) is 5.01. The number of quaternary nitrogens is 1. The number of hydrogen-bond acceptors (Lipinski definition) is 2. The average molecular weight is 233 g/mol. The molecule has 3 nitrogen and oxygen atoms in total. The smallest absolute Gasteiger partial charge is 0.418 e. The highest BCUT2D eigenvalue weighted by Crippen LogP contribution is 2.06. The van der Waals surface area contributed by atoms with E-state index >= 15 is 0 Å². The van der Waals surface area contributed by atoms with E-state index in [0.717, 1.165) is 10.7 Å². The van der Waals surface area contributed by atoms with Crippen LogP contribution in [0, 0.1) is 0 Å². The predicted molar refractivity (Wildman–Crippen MR) is 54.2 cm³/mol. The lowest BCUT2D eigenvalue weighted by Gasteiger charge is -1.99. The van der Waals surface area contributed by atoms with Crippen LogP contribution in [0.5, 0.6) is 0 Å². The number of nitrogens with one attached hydrogen (secondary N) is 1. The number of hydrogen-bond donors (Lipinski definition) is 1. The molecular weight excluding hydrogens is 225 g/mol. The highest BCUT2D eigenvalue weighted by atomic mass is 19.5. The molecule has 2 rings (SSSR count). The summed E-state index contributed by atoms with van der Waals surface area (Å²) < 4.78 is 39.0. The Hall–Kier alpha value is -1.70. The van der Waals surface area contributed by atoms with E-state index in [4.69, 9.17) is 0 Å². The summed E-state index contributed by atoms with van der Waals surface area (Å²) >= 11 is 0. The summed E-state index contributed by atoms with van der Waals surface area (Å²) in [5.74, 6) is 0. The van der Waals surface area contributed by atoms with Crippen LogP contribution in [0.25, 0.3) is 0 Å². The quantitative estimate of drug-likeness (QED) is 0.562. The molecule has 0 fully saturated rings. The van der Waals surface area contributed by atoms with Crippen molar-refractivity contribution in [2.45, 2.75) is 0 Å². The van der Waals surface area contributed by atoms with E-state index in [9.17, 15) is 17.3 Å². The van der Waals surface area contributed by atoms with Crippen molar-refractivity contribution < 1.29 is 22.3 Å². The Kier molecular flexibility index (Phi) is 4.18. The molecule has 1 atom stereocenters. The molecule has 86 valence electrons. The molecule has 1 aromatic rings. The highest BCUT2D eigenvalue weighted by Gasteiger charge is 2.20. The maximum atomic E-state index is 9.75. The van der Waals surface area contributed by atoms with Crippen LogP contribution in [0.15, 0.2) is 40.4 Å². The minimum atomic E-state index is -6.00. The Morgan fingerprint density at radius 3 is 2.00 bits per heavy atom. The Bertz CT molecular complexity index is 359. The number of aliphatic imine (C=N–C) groups is 1. The summed E-state index contributed by atoms with van der Waals surface area (Å²) in [6.45, 7) is 0. The fourth-order valence-corrected chi connectivity index (χ4v) is 0.991. The summed E-state index contributed by atoms with van der Waals surface area (Å²) in [7, 11) is -6.00. The molecular formula is C8H8BF4N3.